The van der Waals surface area contributed by atoms with Crippen molar-refractivity contribution in [1.82, 2.24) is 10.6 Å². The van der Waals surface area contributed by atoms with Crippen molar-refractivity contribution in [1.29, 1.82) is 0 Å². The SMILES string of the molecule is CN=C(NCCOc1cccc(NC(C)=O)c1)NCc1cc(OC)c(OC)c(OC)c1. The van der Waals surface area contributed by atoms with Crippen LogP contribution in [0.1, 0.15) is 12.5 Å². The fraction of sp³-hybridized carbons (Fsp3) is 0.364. The second-order valence-corrected chi connectivity index (χ2v) is 6.44. The number of methoxy groups -OCH3 is 3. The van der Waals surface area contributed by atoms with E-state index in [1.165, 1.54) is 6.92 Å². The average Bonchev–Trinajstić information content (AvgIpc) is 2.77. The van der Waals surface area contributed by atoms with Crippen molar-refractivity contribution in [3.8, 4) is 23.0 Å². The van der Waals surface area contributed by atoms with Gasteiger partial charge in [0.2, 0.25) is 11.7 Å². The lowest BCUT2D eigenvalue weighted by molar-refractivity contribution is -0.114. The zero-order chi connectivity index (χ0) is 22.6. The van der Waals surface area contributed by atoms with Gasteiger partial charge in [0.1, 0.15) is 12.4 Å². The fourth-order valence-corrected chi connectivity index (χ4v) is 2.85. The van der Waals surface area contributed by atoms with Crippen molar-refractivity contribution in [2.75, 3.05) is 46.8 Å². The molecular weight excluding hydrogens is 400 g/mol. The molecule has 0 saturated heterocycles. The van der Waals surface area contributed by atoms with Gasteiger partial charge in [0.05, 0.1) is 27.9 Å². The lowest BCUT2D eigenvalue weighted by Crippen LogP contribution is -2.38. The molecule has 168 valence electrons. The molecule has 2 aromatic carbocycles. The summed E-state index contributed by atoms with van der Waals surface area (Å²) in [6.45, 7) is 2.94. The zero-order valence-corrected chi connectivity index (χ0v) is 18.6. The molecule has 0 aromatic heterocycles. The summed E-state index contributed by atoms with van der Waals surface area (Å²) in [6.07, 6.45) is 0. The van der Waals surface area contributed by atoms with Gasteiger partial charge in [-0.15, -0.1) is 0 Å². The number of ether oxygens (including phenoxy) is 4. The fourth-order valence-electron chi connectivity index (χ4n) is 2.85. The van der Waals surface area contributed by atoms with Gasteiger partial charge in [0, 0.05) is 32.3 Å². The maximum Gasteiger partial charge on any atom is 0.221 e. The van der Waals surface area contributed by atoms with Gasteiger partial charge in [0.25, 0.3) is 0 Å². The van der Waals surface area contributed by atoms with Crippen LogP contribution in [0.3, 0.4) is 0 Å². The second kappa shape index (κ2) is 12.2. The van der Waals surface area contributed by atoms with Crippen LogP contribution < -0.4 is 34.9 Å². The number of nitrogens with one attached hydrogen (secondary N) is 3. The Labute approximate surface area is 182 Å². The molecular formula is C22H30N4O5. The minimum Gasteiger partial charge on any atom is -0.493 e. The molecule has 2 rings (SSSR count). The molecule has 31 heavy (non-hydrogen) atoms. The van der Waals surface area contributed by atoms with Crippen molar-refractivity contribution >= 4 is 17.6 Å². The first-order valence-corrected chi connectivity index (χ1v) is 9.74. The Bertz CT molecular complexity index is 876. The van der Waals surface area contributed by atoms with Gasteiger partial charge in [-0.1, -0.05) is 6.07 Å². The lowest BCUT2D eigenvalue weighted by Gasteiger charge is -2.16. The summed E-state index contributed by atoms with van der Waals surface area (Å²) in [7, 11) is 6.44. The first-order valence-electron chi connectivity index (χ1n) is 9.74. The van der Waals surface area contributed by atoms with Gasteiger partial charge in [0.15, 0.2) is 17.5 Å². The Morgan fingerprint density at radius 1 is 1.00 bits per heavy atom. The molecule has 9 heteroatoms. The molecule has 0 aliphatic heterocycles. The van der Waals surface area contributed by atoms with Gasteiger partial charge in [-0.2, -0.15) is 0 Å². The van der Waals surface area contributed by atoms with Crippen LogP contribution in [0.15, 0.2) is 41.4 Å². The number of carbonyl (C=O) groups excluding carboxylic acids is 1. The first-order chi connectivity index (χ1) is 15.0. The van der Waals surface area contributed by atoms with Crippen molar-refractivity contribution in [3.63, 3.8) is 0 Å². The predicted octanol–water partition coefficient (Wildman–Crippen LogP) is 2.41. The average molecular weight is 431 g/mol. The Morgan fingerprint density at radius 2 is 1.71 bits per heavy atom. The Hall–Kier alpha value is -3.62. The van der Waals surface area contributed by atoms with Crippen LogP contribution in [0.2, 0.25) is 0 Å². The summed E-state index contributed by atoms with van der Waals surface area (Å²) in [5.41, 5.74) is 1.64. The molecule has 3 N–H and O–H groups in total. The molecule has 9 nitrogen and oxygen atoms in total. The molecule has 0 heterocycles. The largest absolute Gasteiger partial charge is 0.493 e. The Morgan fingerprint density at radius 3 is 2.29 bits per heavy atom. The summed E-state index contributed by atoms with van der Waals surface area (Å²) >= 11 is 0. The highest BCUT2D eigenvalue weighted by molar-refractivity contribution is 5.88. The van der Waals surface area contributed by atoms with Crippen LogP contribution in [-0.2, 0) is 11.3 Å². The third-order valence-electron chi connectivity index (χ3n) is 4.23. The van der Waals surface area contributed by atoms with E-state index in [1.54, 1.807) is 40.5 Å². The molecule has 0 unspecified atom stereocenters. The number of anilines is 1. The molecule has 0 spiro atoms. The van der Waals surface area contributed by atoms with E-state index in [2.05, 4.69) is 20.9 Å². The van der Waals surface area contributed by atoms with Crippen LogP contribution in [-0.4, -0.2) is 53.4 Å². The third-order valence-corrected chi connectivity index (χ3v) is 4.23. The predicted molar refractivity (Wildman–Crippen MR) is 121 cm³/mol. The number of nitrogens with zero attached hydrogens (tertiary/aromatic N) is 1. The van der Waals surface area contributed by atoms with Crippen molar-refractivity contribution in [2.45, 2.75) is 13.5 Å². The quantitative estimate of drug-likeness (QED) is 0.302. The number of rotatable bonds is 10. The number of aliphatic imine (C=N–C) groups is 1. The van der Waals surface area contributed by atoms with E-state index < -0.39 is 0 Å². The van der Waals surface area contributed by atoms with Crippen LogP contribution in [0, 0.1) is 0 Å². The van der Waals surface area contributed by atoms with E-state index in [1.807, 2.05) is 24.3 Å². The van der Waals surface area contributed by atoms with E-state index in [0.29, 0.717) is 54.3 Å². The highest BCUT2D eigenvalue weighted by Gasteiger charge is 2.13. The van der Waals surface area contributed by atoms with Crippen LogP contribution in [0.4, 0.5) is 5.69 Å². The maximum absolute atomic E-state index is 11.2. The van der Waals surface area contributed by atoms with E-state index in [0.717, 1.165) is 5.56 Å². The highest BCUT2D eigenvalue weighted by Crippen LogP contribution is 2.38. The molecule has 0 radical (unpaired) electrons. The first kappa shape index (κ1) is 23.7. The topological polar surface area (TPSA) is 102 Å². The van der Waals surface area contributed by atoms with E-state index in [9.17, 15) is 4.79 Å². The summed E-state index contributed by atoms with van der Waals surface area (Å²) in [5.74, 6) is 2.92. The molecule has 0 aliphatic rings. The van der Waals surface area contributed by atoms with Crippen molar-refractivity contribution in [2.24, 2.45) is 4.99 Å². The van der Waals surface area contributed by atoms with Crippen molar-refractivity contribution < 1.29 is 23.7 Å². The van der Waals surface area contributed by atoms with Crippen LogP contribution >= 0.6 is 0 Å². The summed E-state index contributed by atoms with van der Waals surface area (Å²) in [6, 6.07) is 11.0. The van der Waals surface area contributed by atoms with Gasteiger partial charge in [-0.25, -0.2) is 0 Å². The Balaban J connectivity index is 1.85. The number of carbonyl (C=O) groups is 1. The molecule has 0 saturated carbocycles. The number of amides is 1. The molecule has 0 aliphatic carbocycles. The molecule has 2 aromatic rings. The normalized spacial score (nSPS) is 10.8. The van der Waals surface area contributed by atoms with Crippen molar-refractivity contribution in [3.05, 3.63) is 42.0 Å². The van der Waals surface area contributed by atoms with Gasteiger partial charge in [-0.3, -0.25) is 9.79 Å². The number of guanidine groups is 1. The Kier molecular flexibility index (Phi) is 9.28. The zero-order valence-electron chi connectivity index (χ0n) is 18.6. The van der Waals surface area contributed by atoms with E-state index in [4.69, 9.17) is 18.9 Å². The van der Waals surface area contributed by atoms with E-state index >= 15 is 0 Å². The summed E-state index contributed by atoms with van der Waals surface area (Å²) < 4.78 is 21.8. The summed E-state index contributed by atoms with van der Waals surface area (Å²) in [5, 5.41) is 9.16. The molecule has 0 fully saturated rings. The number of hydrogen-bond donors (Lipinski definition) is 3. The van der Waals surface area contributed by atoms with E-state index in [-0.39, 0.29) is 5.91 Å². The molecule has 1 amide bonds. The second-order valence-electron chi connectivity index (χ2n) is 6.44. The minimum absolute atomic E-state index is 0.124. The molecule has 0 atom stereocenters. The monoisotopic (exact) mass is 430 g/mol. The van der Waals surface area contributed by atoms with Gasteiger partial charge in [-0.05, 0) is 29.8 Å². The smallest absolute Gasteiger partial charge is 0.221 e. The van der Waals surface area contributed by atoms with Crippen LogP contribution in [0.5, 0.6) is 23.0 Å². The van der Waals surface area contributed by atoms with Crippen LogP contribution in [0.25, 0.3) is 0 Å². The lowest BCUT2D eigenvalue weighted by atomic mass is 10.2. The molecule has 0 bridgehead atoms. The van der Waals surface area contributed by atoms with Gasteiger partial charge >= 0.3 is 0 Å². The highest BCUT2D eigenvalue weighted by atomic mass is 16.5. The minimum atomic E-state index is -0.124. The van der Waals surface area contributed by atoms with Gasteiger partial charge < -0.3 is 34.9 Å². The number of benzene rings is 2. The third kappa shape index (κ3) is 7.29. The summed E-state index contributed by atoms with van der Waals surface area (Å²) in [4.78, 5) is 15.4. The maximum atomic E-state index is 11.2. The number of hydrogen-bond acceptors (Lipinski definition) is 6. The standard InChI is InChI=1S/C22H30N4O5/c1-15(27)26-17-7-6-8-18(13-17)31-10-9-24-22(23-2)25-14-16-11-19(28-3)21(30-5)20(12-16)29-4/h6-8,11-13H,9-10,14H2,1-5H3,(H,26,27)(H2,23,24,25).